The highest BCUT2D eigenvalue weighted by Gasteiger charge is 2.17. The van der Waals surface area contributed by atoms with E-state index in [0.717, 1.165) is 18.7 Å². The standard InChI is InChI=1S/C16H17BrN4O3S/c1-2-7-21-15(12-5-6-13(17)24-12)19-20-16(21)25-10-14(22)18-9-11-4-3-8-23-11/h3-6,8H,2,7,9-10H2,1H3,(H,18,22). The number of nitrogens with one attached hydrogen (secondary N) is 1. The normalized spacial score (nSPS) is 11.0. The quantitative estimate of drug-likeness (QED) is 0.554. The minimum atomic E-state index is -0.0882. The van der Waals surface area contributed by atoms with Gasteiger partial charge >= 0.3 is 0 Å². The smallest absolute Gasteiger partial charge is 0.230 e. The van der Waals surface area contributed by atoms with Crippen molar-refractivity contribution in [3.63, 3.8) is 0 Å². The summed E-state index contributed by atoms with van der Waals surface area (Å²) in [6, 6.07) is 7.26. The number of aromatic nitrogens is 3. The van der Waals surface area contributed by atoms with Gasteiger partial charge in [0, 0.05) is 6.54 Å². The molecule has 3 heterocycles. The predicted molar refractivity (Wildman–Crippen MR) is 97.0 cm³/mol. The van der Waals surface area contributed by atoms with E-state index >= 15 is 0 Å². The number of nitrogens with zero attached hydrogens (tertiary/aromatic N) is 3. The topological polar surface area (TPSA) is 86.1 Å². The van der Waals surface area contributed by atoms with Gasteiger partial charge in [-0.1, -0.05) is 18.7 Å². The van der Waals surface area contributed by atoms with Crippen LogP contribution in [0.4, 0.5) is 0 Å². The van der Waals surface area contributed by atoms with Crippen molar-refractivity contribution in [2.24, 2.45) is 0 Å². The highest BCUT2D eigenvalue weighted by atomic mass is 79.9. The van der Waals surface area contributed by atoms with E-state index in [2.05, 4.69) is 38.4 Å². The molecule has 25 heavy (non-hydrogen) atoms. The van der Waals surface area contributed by atoms with E-state index in [9.17, 15) is 4.79 Å². The lowest BCUT2D eigenvalue weighted by Crippen LogP contribution is -2.24. The van der Waals surface area contributed by atoms with E-state index in [4.69, 9.17) is 8.83 Å². The molecule has 0 saturated carbocycles. The number of furan rings is 2. The van der Waals surface area contributed by atoms with Crippen LogP contribution in [-0.2, 0) is 17.9 Å². The highest BCUT2D eigenvalue weighted by molar-refractivity contribution is 9.10. The maximum Gasteiger partial charge on any atom is 0.230 e. The number of halogens is 1. The van der Waals surface area contributed by atoms with Crippen molar-refractivity contribution in [1.29, 1.82) is 0 Å². The van der Waals surface area contributed by atoms with Crippen LogP contribution >= 0.6 is 27.7 Å². The van der Waals surface area contributed by atoms with E-state index in [0.29, 0.717) is 28.0 Å². The molecule has 3 aromatic heterocycles. The Hall–Kier alpha value is -2.00. The van der Waals surface area contributed by atoms with Crippen molar-refractivity contribution in [3.8, 4) is 11.6 Å². The van der Waals surface area contributed by atoms with E-state index < -0.39 is 0 Å². The third-order valence-corrected chi connectivity index (χ3v) is 4.72. The Morgan fingerprint density at radius 1 is 1.36 bits per heavy atom. The number of thioether (sulfide) groups is 1. The second-order valence-corrected chi connectivity index (χ2v) is 6.93. The van der Waals surface area contributed by atoms with Gasteiger partial charge in [0.2, 0.25) is 11.7 Å². The molecule has 0 aliphatic rings. The molecule has 3 rings (SSSR count). The predicted octanol–water partition coefficient (Wildman–Crippen LogP) is 3.71. The fourth-order valence-electron chi connectivity index (χ4n) is 2.22. The molecular weight excluding hydrogens is 408 g/mol. The first kappa shape index (κ1) is 17.8. The number of carbonyl (C=O) groups excluding carboxylic acids is 1. The molecule has 1 amide bonds. The van der Waals surface area contributed by atoms with Gasteiger partial charge in [-0.2, -0.15) is 0 Å². The van der Waals surface area contributed by atoms with Crippen molar-refractivity contribution < 1.29 is 13.6 Å². The molecule has 0 bridgehead atoms. The third kappa shape index (κ3) is 4.55. The van der Waals surface area contributed by atoms with Crippen LogP contribution in [0.15, 0.2) is 49.2 Å². The Balaban J connectivity index is 1.63. The van der Waals surface area contributed by atoms with Gasteiger partial charge in [-0.15, -0.1) is 10.2 Å². The van der Waals surface area contributed by atoms with Crippen LogP contribution in [0.3, 0.4) is 0 Å². The van der Waals surface area contributed by atoms with Gasteiger partial charge in [0.15, 0.2) is 15.6 Å². The van der Waals surface area contributed by atoms with Crippen molar-refractivity contribution in [1.82, 2.24) is 20.1 Å². The summed E-state index contributed by atoms with van der Waals surface area (Å²) in [6.07, 6.45) is 2.50. The molecule has 3 aromatic rings. The van der Waals surface area contributed by atoms with Crippen molar-refractivity contribution in [3.05, 3.63) is 41.0 Å². The average molecular weight is 425 g/mol. The number of amides is 1. The molecule has 0 aromatic carbocycles. The van der Waals surface area contributed by atoms with Gasteiger partial charge < -0.3 is 14.2 Å². The molecule has 0 aliphatic carbocycles. The molecule has 0 fully saturated rings. The largest absolute Gasteiger partial charge is 0.467 e. The van der Waals surface area contributed by atoms with Gasteiger partial charge in [-0.05, 0) is 46.6 Å². The lowest BCUT2D eigenvalue weighted by atomic mass is 10.4. The summed E-state index contributed by atoms with van der Waals surface area (Å²) in [4.78, 5) is 12.0. The van der Waals surface area contributed by atoms with Crippen molar-refractivity contribution in [2.45, 2.75) is 31.6 Å². The van der Waals surface area contributed by atoms with Crippen LogP contribution in [0.1, 0.15) is 19.1 Å². The van der Waals surface area contributed by atoms with Crippen LogP contribution in [0.5, 0.6) is 0 Å². The summed E-state index contributed by atoms with van der Waals surface area (Å²) >= 11 is 4.64. The molecule has 0 saturated heterocycles. The summed E-state index contributed by atoms with van der Waals surface area (Å²) in [6.45, 7) is 3.20. The molecule has 0 radical (unpaired) electrons. The maximum absolute atomic E-state index is 12.0. The van der Waals surface area contributed by atoms with E-state index in [1.165, 1.54) is 11.8 Å². The molecule has 7 nitrogen and oxygen atoms in total. The summed E-state index contributed by atoms with van der Waals surface area (Å²) in [5, 5.41) is 11.9. The zero-order valence-corrected chi connectivity index (χ0v) is 16.0. The van der Waals surface area contributed by atoms with Crippen LogP contribution < -0.4 is 5.32 Å². The van der Waals surface area contributed by atoms with E-state index in [-0.39, 0.29) is 11.7 Å². The fraction of sp³-hybridized carbons (Fsp3) is 0.312. The molecule has 0 spiro atoms. The summed E-state index contributed by atoms with van der Waals surface area (Å²) in [5.41, 5.74) is 0. The Bertz CT molecular complexity index is 828. The van der Waals surface area contributed by atoms with Crippen molar-refractivity contribution >= 4 is 33.6 Å². The molecular formula is C16H17BrN4O3S. The Morgan fingerprint density at radius 3 is 2.92 bits per heavy atom. The Labute approximate surface area is 157 Å². The first-order valence-corrected chi connectivity index (χ1v) is 9.56. The monoisotopic (exact) mass is 424 g/mol. The van der Waals surface area contributed by atoms with Crippen LogP contribution in [0, 0.1) is 0 Å². The Kier molecular flexibility index (Phi) is 5.98. The molecule has 1 N–H and O–H groups in total. The first-order chi connectivity index (χ1) is 12.2. The zero-order chi connectivity index (χ0) is 17.6. The van der Waals surface area contributed by atoms with Crippen LogP contribution in [0.2, 0.25) is 0 Å². The molecule has 9 heteroatoms. The SMILES string of the molecule is CCCn1c(SCC(=O)NCc2ccco2)nnc1-c1ccc(Br)o1. The van der Waals surface area contributed by atoms with Gasteiger partial charge in [0.1, 0.15) is 5.76 Å². The molecule has 0 aliphatic heterocycles. The minimum Gasteiger partial charge on any atom is -0.467 e. The third-order valence-electron chi connectivity index (χ3n) is 3.33. The number of rotatable bonds is 8. The second kappa shape index (κ2) is 8.39. The molecule has 0 unspecified atom stereocenters. The summed E-state index contributed by atoms with van der Waals surface area (Å²) in [5.74, 6) is 2.19. The maximum atomic E-state index is 12.0. The summed E-state index contributed by atoms with van der Waals surface area (Å²) < 4.78 is 13.4. The molecule has 0 atom stereocenters. The lowest BCUT2D eigenvalue weighted by molar-refractivity contribution is -0.118. The minimum absolute atomic E-state index is 0.0882. The number of hydrogen-bond acceptors (Lipinski definition) is 6. The Morgan fingerprint density at radius 2 is 2.24 bits per heavy atom. The second-order valence-electron chi connectivity index (χ2n) is 5.21. The van der Waals surface area contributed by atoms with Crippen LogP contribution in [-0.4, -0.2) is 26.4 Å². The average Bonchev–Trinajstić information content (AvgIpc) is 3.33. The number of hydrogen-bond donors (Lipinski definition) is 1. The van der Waals surface area contributed by atoms with Crippen molar-refractivity contribution in [2.75, 3.05) is 5.75 Å². The van der Waals surface area contributed by atoms with Gasteiger partial charge in [-0.25, -0.2) is 0 Å². The summed E-state index contributed by atoms with van der Waals surface area (Å²) in [7, 11) is 0. The first-order valence-electron chi connectivity index (χ1n) is 7.78. The van der Waals surface area contributed by atoms with Gasteiger partial charge in [0.05, 0.1) is 18.6 Å². The highest BCUT2D eigenvalue weighted by Crippen LogP contribution is 2.27. The van der Waals surface area contributed by atoms with E-state index in [1.807, 2.05) is 22.8 Å². The van der Waals surface area contributed by atoms with Gasteiger partial charge in [-0.3, -0.25) is 9.36 Å². The lowest BCUT2D eigenvalue weighted by Gasteiger charge is -2.07. The zero-order valence-electron chi connectivity index (χ0n) is 13.6. The number of carbonyl (C=O) groups is 1. The fourth-order valence-corrected chi connectivity index (χ4v) is 3.32. The van der Waals surface area contributed by atoms with E-state index in [1.54, 1.807) is 12.3 Å². The van der Waals surface area contributed by atoms with Gasteiger partial charge in [0.25, 0.3) is 0 Å². The molecule has 132 valence electrons. The van der Waals surface area contributed by atoms with Crippen LogP contribution in [0.25, 0.3) is 11.6 Å².